The summed E-state index contributed by atoms with van der Waals surface area (Å²) < 4.78 is 9.68. The summed E-state index contributed by atoms with van der Waals surface area (Å²) in [5.41, 5.74) is 0. The van der Waals surface area contributed by atoms with Crippen LogP contribution in [0.4, 0.5) is 0 Å². The summed E-state index contributed by atoms with van der Waals surface area (Å²) in [5.74, 6) is -0.172. The number of hydrogen-bond donors (Lipinski definition) is 0. The third kappa shape index (κ3) is 6.62. The molecule has 18 heavy (non-hydrogen) atoms. The lowest BCUT2D eigenvalue weighted by molar-refractivity contribution is -0.154. The van der Waals surface area contributed by atoms with Crippen molar-refractivity contribution in [1.29, 1.82) is 0 Å². The normalized spacial score (nSPS) is 16.3. The van der Waals surface area contributed by atoms with Crippen molar-refractivity contribution in [1.82, 2.24) is 0 Å². The Morgan fingerprint density at radius 2 is 1.72 bits per heavy atom. The maximum Gasteiger partial charge on any atom is 0.317 e. The predicted octanol–water partition coefficient (Wildman–Crippen LogP) is 2.84. The molecule has 1 aliphatic carbocycles. The fourth-order valence-corrected chi connectivity index (χ4v) is 2.41. The monoisotopic (exact) mass is 256 g/mol. The van der Waals surface area contributed by atoms with Gasteiger partial charge in [0.15, 0.2) is 0 Å². The van der Waals surface area contributed by atoms with Gasteiger partial charge in [0.2, 0.25) is 0 Å². The molecule has 0 amide bonds. The lowest BCUT2D eigenvalue weighted by Crippen LogP contribution is -2.15. The quantitative estimate of drug-likeness (QED) is 0.399. The second-order valence-corrected chi connectivity index (χ2v) is 4.85. The van der Waals surface area contributed by atoms with Crippen molar-refractivity contribution >= 4 is 11.9 Å². The number of esters is 2. The Kier molecular flexibility index (Phi) is 7.46. The van der Waals surface area contributed by atoms with Gasteiger partial charge in [0.1, 0.15) is 6.42 Å². The van der Waals surface area contributed by atoms with Crippen LogP contribution in [0.2, 0.25) is 0 Å². The molecule has 1 rings (SSSR count). The van der Waals surface area contributed by atoms with E-state index < -0.39 is 11.9 Å². The first-order valence-corrected chi connectivity index (χ1v) is 7.03. The summed E-state index contributed by atoms with van der Waals surface area (Å²) in [6.45, 7) is 2.44. The maximum atomic E-state index is 11.3. The number of carbonyl (C=O) groups excluding carboxylic acids is 2. The van der Waals surface area contributed by atoms with Crippen molar-refractivity contribution < 1.29 is 19.1 Å². The fourth-order valence-electron chi connectivity index (χ4n) is 2.41. The highest BCUT2D eigenvalue weighted by Crippen LogP contribution is 2.27. The van der Waals surface area contributed by atoms with Crippen LogP contribution in [-0.2, 0) is 19.1 Å². The Labute approximate surface area is 109 Å². The molecule has 1 fully saturated rings. The standard InChI is InChI=1S/C14H24O4/c1-2-17-13(15)11-14(16)18-10-6-9-12-7-4-3-5-8-12/h12H,2-11H2,1H3. The molecule has 4 heteroatoms. The average Bonchev–Trinajstić information content (AvgIpc) is 2.36. The Morgan fingerprint density at radius 3 is 2.39 bits per heavy atom. The maximum absolute atomic E-state index is 11.3. The molecular formula is C14H24O4. The van der Waals surface area contributed by atoms with E-state index >= 15 is 0 Å². The molecule has 0 N–H and O–H groups in total. The SMILES string of the molecule is CCOC(=O)CC(=O)OCCCC1CCCCC1. The molecule has 0 aromatic rings. The van der Waals surface area contributed by atoms with E-state index in [2.05, 4.69) is 4.74 Å². The van der Waals surface area contributed by atoms with E-state index in [0.29, 0.717) is 13.2 Å². The molecule has 1 saturated carbocycles. The van der Waals surface area contributed by atoms with Gasteiger partial charge in [-0.2, -0.15) is 0 Å². The van der Waals surface area contributed by atoms with Crippen LogP contribution in [0.1, 0.15) is 58.3 Å². The lowest BCUT2D eigenvalue weighted by Gasteiger charge is -2.21. The molecule has 0 radical (unpaired) electrons. The zero-order valence-electron chi connectivity index (χ0n) is 11.3. The molecule has 4 nitrogen and oxygen atoms in total. The Balaban J connectivity index is 1.99. The molecule has 0 heterocycles. The topological polar surface area (TPSA) is 52.6 Å². The smallest absolute Gasteiger partial charge is 0.317 e. The minimum Gasteiger partial charge on any atom is -0.466 e. The van der Waals surface area contributed by atoms with Crippen LogP contribution in [0.5, 0.6) is 0 Å². The lowest BCUT2D eigenvalue weighted by atomic mass is 9.86. The summed E-state index contributed by atoms with van der Waals surface area (Å²) >= 11 is 0. The molecule has 0 aliphatic heterocycles. The van der Waals surface area contributed by atoms with Crippen LogP contribution in [0.3, 0.4) is 0 Å². The summed E-state index contributed by atoms with van der Waals surface area (Å²) in [7, 11) is 0. The number of rotatable bonds is 7. The van der Waals surface area contributed by atoms with E-state index in [1.807, 2.05) is 0 Å². The Bertz CT molecular complexity index is 257. The summed E-state index contributed by atoms with van der Waals surface area (Å²) in [5, 5.41) is 0. The second kappa shape index (κ2) is 8.95. The van der Waals surface area contributed by atoms with Crippen molar-refractivity contribution in [2.45, 2.75) is 58.3 Å². The molecule has 0 aromatic heterocycles. The molecule has 0 saturated heterocycles. The fraction of sp³-hybridized carbons (Fsp3) is 0.857. The van der Waals surface area contributed by atoms with Crippen molar-refractivity contribution in [2.24, 2.45) is 5.92 Å². The van der Waals surface area contributed by atoms with Gasteiger partial charge in [0.25, 0.3) is 0 Å². The van der Waals surface area contributed by atoms with Gasteiger partial charge in [-0.25, -0.2) is 0 Å². The summed E-state index contributed by atoms with van der Waals surface area (Å²) in [4.78, 5) is 22.3. The third-order valence-electron chi connectivity index (χ3n) is 3.34. The molecule has 0 aromatic carbocycles. The van der Waals surface area contributed by atoms with Gasteiger partial charge in [-0.15, -0.1) is 0 Å². The van der Waals surface area contributed by atoms with E-state index in [0.717, 1.165) is 18.8 Å². The number of hydrogen-bond acceptors (Lipinski definition) is 4. The van der Waals surface area contributed by atoms with Crippen LogP contribution < -0.4 is 0 Å². The minimum absolute atomic E-state index is 0.267. The van der Waals surface area contributed by atoms with Crippen molar-refractivity contribution in [3.8, 4) is 0 Å². The van der Waals surface area contributed by atoms with E-state index in [1.54, 1.807) is 6.92 Å². The highest BCUT2D eigenvalue weighted by atomic mass is 16.6. The first-order chi connectivity index (χ1) is 8.72. The van der Waals surface area contributed by atoms with Gasteiger partial charge in [-0.05, 0) is 25.7 Å². The molecule has 104 valence electrons. The van der Waals surface area contributed by atoms with E-state index in [-0.39, 0.29) is 6.42 Å². The van der Waals surface area contributed by atoms with Crippen LogP contribution >= 0.6 is 0 Å². The zero-order valence-corrected chi connectivity index (χ0v) is 11.3. The average molecular weight is 256 g/mol. The summed E-state index contributed by atoms with van der Waals surface area (Å²) in [6, 6.07) is 0. The molecule has 0 unspecified atom stereocenters. The van der Waals surface area contributed by atoms with Crippen LogP contribution in [0.25, 0.3) is 0 Å². The van der Waals surface area contributed by atoms with Crippen molar-refractivity contribution in [3.63, 3.8) is 0 Å². The van der Waals surface area contributed by atoms with Gasteiger partial charge in [0.05, 0.1) is 13.2 Å². The van der Waals surface area contributed by atoms with Crippen LogP contribution in [0, 0.1) is 5.92 Å². The van der Waals surface area contributed by atoms with Crippen LogP contribution in [0.15, 0.2) is 0 Å². The molecule has 0 spiro atoms. The molecule has 0 atom stereocenters. The summed E-state index contributed by atoms with van der Waals surface area (Å²) in [6.07, 6.45) is 8.45. The second-order valence-electron chi connectivity index (χ2n) is 4.85. The van der Waals surface area contributed by atoms with E-state index in [4.69, 9.17) is 4.74 Å². The van der Waals surface area contributed by atoms with Gasteiger partial charge in [0, 0.05) is 0 Å². The molecule has 0 bridgehead atoms. The highest BCUT2D eigenvalue weighted by molar-refractivity contribution is 5.91. The first kappa shape index (κ1) is 15.0. The molecular weight excluding hydrogens is 232 g/mol. The minimum atomic E-state index is -0.505. The van der Waals surface area contributed by atoms with Gasteiger partial charge < -0.3 is 9.47 Å². The highest BCUT2D eigenvalue weighted by Gasteiger charge is 2.14. The van der Waals surface area contributed by atoms with E-state index in [1.165, 1.54) is 32.1 Å². The Hall–Kier alpha value is -1.06. The van der Waals surface area contributed by atoms with Gasteiger partial charge in [-0.3, -0.25) is 9.59 Å². The first-order valence-electron chi connectivity index (χ1n) is 7.03. The Morgan fingerprint density at radius 1 is 1.06 bits per heavy atom. The van der Waals surface area contributed by atoms with Crippen molar-refractivity contribution in [2.75, 3.05) is 13.2 Å². The van der Waals surface area contributed by atoms with Crippen molar-refractivity contribution in [3.05, 3.63) is 0 Å². The third-order valence-corrected chi connectivity index (χ3v) is 3.34. The largest absolute Gasteiger partial charge is 0.466 e. The predicted molar refractivity (Wildman–Crippen MR) is 68.0 cm³/mol. The van der Waals surface area contributed by atoms with Crippen LogP contribution in [-0.4, -0.2) is 25.2 Å². The molecule has 1 aliphatic rings. The van der Waals surface area contributed by atoms with E-state index in [9.17, 15) is 9.59 Å². The van der Waals surface area contributed by atoms with Gasteiger partial charge in [-0.1, -0.05) is 32.1 Å². The zero-order chi connectivity index (χ0) is 13.2. The number of carbonyl (C=O) groups is 2. The number of ether oxygens (including phenoxy) is 2. The van der Waals surface area contributed by atoms with Gasteiger partial charge >= 0.3 is 11.9 Å².